The number of hydrogen-bond donors (Lipinski definition) is 0. The maximum atomic E-state index is 12.9. The van der Waals surface area contributed by atoms with Crippen molar-refractivity contribution in [2.24, 2.45) is 0 Å². The zero-order chi connectivity index (χ0) is 12.5. The Labute approximate surface area is 97.8 Å². The third kappa shape index (κ3) is 2.14. The average molecular weight is 241 g/mol. The Morgan fingerprint density at radius 1 is 1.53 bits per heavy atom. The quantitative estimate of drug-likeness (QED) is 0.760. The number of ether oxygens (including phenoxy) is 1. The Bertz CT molecular complexity index is 430. The van der Waals surface area contributed by atoms with E-state index in [1.165, 1.54) is 6.07 Å². The topological polar surface area (TPSA) is 39.2 Å². The van der Waals surface area contributed by atoms with E-state index < -0.39 is 17.8 Å². The average Bonchev–Trinajstić information content (AvgIpc) is 3.11. The highest BCUT2D eigenvalue weighted by molar-refractivity contribution is 5.87. The largest absolute Gasteiger partial charge is 0.461 e. The van der Waals surface area contributed by atoms with E-state index in [2.05, 4.69) is 4.98 Å². The van der Waals surface area contributed by atoms with Crippen molar-refractivity contribution in [1.82, 2.24) is 4.98 Å². The molecular formula is C12H13F2NO2. The summed E-state index contributed by atoms with van der Waals surface area (Å²) < 4.78 is 30.6. The minimum atomic E-state index is -2.44. The molecule has 3 nitrogen and oxygen atoms in total. The number of nitrogens with zero attached hydrogens (tertiary/aromatic N) is 1. The minimum absolute atomic E-state index is 0.0938. The Kier molecular flexibility index (Phi) is 3.09. The highest BCUT2D eigenvalue weighted by Crippen LogP contribution is 2.51. The van der Waals surface area contributed by atoms with Crippen molar-refractivity contribution >= 4 is 5.97 Å². The van der Waals surface area contributed by atoms with E-state index in [1.807, 2.05) is 0 Å². The molecule has 0 atom stereocenters. The molecule has 0 aliphatic heterocycles. The number of carbonyl (C=O) groups is 1. The van der Waals surface area contributed by atoms with Crippen LogP contribution in [0.3, 0.4) is 0 Å². The van der Waals surface area contributed by atoms with Crippen LogP contribution >= 0.6 is 0 Å². The molecule has 0 radical (unpaired) electrons. The van der Waals surface area contributed by atoms with Crippen molar-refractivity contribution in [3.63, 3.8) is 0 Å². The monoisotopic (exact) mass is 241 g/mol. The van der Waals surface area contributed by atoms with Gasteiger partial charge in [-0.25, -0.2) is 18.6 Å². The molecule has 1 fully saturated rings. The predicted molar refractivity (Wildman–Crippen MR) is 57.1 cm³/mol. The van der Waals surface area contributed by atoms with Gasteiger partial charge in [-0.1, -0.05) is 6.07 Å². The lowest BCUT2D eigenvalue weighted by Crippen LogP contribution is -2.20. The van der Waals surface area contributed by atoms with Gasteiger partial charge >= 0.3 is 5.97 Å². The maximum absolute atomic E-state index is 12.9. The van der Waals surface area contributed by atoms with Crippen LogP contribution in [0.5, 0.6) is 0 Å². The molecule has 1 saturated carbocycles. The summed E-state index contributed by atoms with van der Waals surface area (Å²) in [5.41, 5.74) is -0.753. The summed E-state index contributed by atoms with van der Waals surface area (Å²) in [6, 6.07) is 4.59. The van der Waals surface area contributed by atoms with Gasteiger partial charge in [0.15, 0.2) is 0 Å². The third-order valence-corrected chi connectivity index (χ3v) is 2.95. The normalized spacial score (nSPS) is 16.9. The Balaban J connectivity index is 2.26. The van der Waals surface area contributed by atoms with E-state index in [1.54, 1.807) is 19.1 Å². The lowest BCUT2D eigenvalue weighted by Gasteiger charge is -2.13. The summed E-state index contributed by atoms with van der Waals surface area (Å²) in [5.74, 6) is -0.570. The fourth-order valence-corrected chi connectivity index (χ4v) is 1.75. The van der Waals surface area contributed by atoms with Gasteiger partial charge in [-0.15, -0.1) is 0 Å². The van der Waals surface area contributed by atoms with Gasteiger partial charge in [-0.05, 0) is 31.9 Å². The number of pyridine rings is 1. The second kappa shape index (κ2) is 4.39. The van der Waals surface area contributed by atoms with Crippen LogP contribution in [0.1, 0.15) is 35.9 Å². The second-order valence-corrected chi connectivity index (χ2v) is 4.09. The summed E-state index contributed by atoms with van der Waals surface area (Å²) in [6.45, 7) is 1.92. The Morgan fingerprint density at radius 2 is 2.24 bits per heavy atom. The fourth-order valence-electron chi connectivity index (χ4n) is 1.75. The summed E-state index contributed by atoms with van der Waals surface area (Å²) in [5, 5.41) is 0. The van der Waals surface area contributed by atoms with E-state index in [-0.39, 0.29) is 18.0 Å². The number of hydrogen-bond acceptors (Lipinski definition) is 3. The van der Waals surface area contributed by atoms with E-state index in [0.717, 1.165) is 0 Å². The first kappa shape index (κ1) is 12.0. The molecule has 5 heteroatoms. The molecule has 0 aromatic carbocycles. The number of halogens is 2. The van der Waals surface area contributed by atoms with Crippen LogP contribution in [0.4, 0.5) is 8.78 Å². The molecule has 1 heterocycles. The molecule has 1 aromatic heterocycles. The van der Waals surface area contributed by atoms with Gasteiger partial charge in [0.05, 0.1) is 17.7 Å². The molecule has 0 saturated heterocycles. The van der Waals surface area contributed by atoms with Crippen LogP contribution in [-0.4, -0.2) is 24.0 Å². The summed E-state index contributed by atoms with van der Waals surface area (Å²) in [7, 11) is 0. The molecule has 2 rings (SSSR count). The smallest absolute Gasteiger partial charge is 0.356 e. The number of esters is 1. The van der Waals surface area contributed by atoms with Crippen molar-refractivity contribution in [2.75, 3.05) is 6.61 Å². The molecule has 1 aliphatic rings. The van der Waals surface area contributed by atoms with E-state index in [0.29, 0.717) is 12.8 Å². The molecule has 1 aromatic rings. The maximum Gasteiger partial charge on any atom is 0.356 e. The van der Waals surface area contributed by atoms with Gasteiger partial charge in [0, 0.05) is 0 Å². The first-order chi connectivity index (χ1) is 8.10. The number of rotatable bonds is 4. The van der Waals surface area contributed by atoms with Crippen LogP contribution in [0.15, 0.2) is 18.2 Å². The SMILES string of the molecule is CCOC(=O)c1cccc(C2(C(F)F)CC2)n1. The van der Waals surface area contributed by atoms with Crippen molar-refractivity contribution in [3.8, 4) is 0 Å². The van der Waals surface area contributed by atoms with Crippen molar-refractivity contribution in [1.29, 1.82) is 0 Å². The number of aromatic nitrogens is 1. The van der Waals surface area contributed by atoms with Crippen molar-refractivity contribution in [3.05, 3.63) is 29.6 Å². The lowest BCUT2D eigenvalue weighted by molar-refractivity contribution is 0.0517. The van der Waals surface area contributed by atoms with E-state index >= 15 is 0 Å². The van der Waals surface area contributed by atoms with Gasteiger partial charge in [-0.2, -0.15) is 0 Å². The molecule has 0 bridgehead atoms. The number of carbonyl (C=O) groups excluding carboxylic acids is 1. The predicted octanol–water partition coefficient (Wildman–Crippen LogP) is 2.56. The first-order valence-electron chi connectivity index (χ1n) is 5.53. The molecule has 0 amide bonds. The van der Waals surface area contributed by atoms with Gasteiger partial charge < -0.3 is 4.74 Å². The molecule has 92 valence electrons. The van der Waals surface area contributed by atoms with Gasteiger partial charge in [0.25, 0.3) is 0 Å². The molecule has 17 heavy (non-hydrogen) atoms. The molecule has 0 N–H and O–H groups in total. The first-order valence-corrected chi connectivity index (χ1v) is 5.53. The van der Waals surface area contributed by atoms with E-state index in [4.69, 9.17) is 4.74 Å². The Morgan fingerprint density at radius 3 is 2.76 bits per heavy atom. The summed E-state index contributed by atoms with van der Waals surface area (Å²) in [4.78, 5) is 15.4. The van der Waals surface area contributed by atoms with Crippen molar-refractivity contribution < 1.29 is 18.3 Å². The highest BCUT2D eigenvalue weighted by atomic mass is 19.3. The molecular weight excluding hydrogens is 228 g/mol. The lowest BCUT2D eigenvalue weighted by atomic mass is 10.0. The minimum Gasteiger partial charge on any atom is -0.461 e. The van der Waals surface area contributed by atoms with Crippen LogP contribution < -0.4 is 0 Å². The van der Waals surface area contributed by atoms with Gasteiger partial charge in [0.1, 0.15) is 5.69 Å². The third-order valence-electron chi connectivity index (χ3n) is 2.95. The summed E-state index contributed by atoms with van der Waals surface area (Å²) in [6.07, 6.45) is -1.60. The standard InChI is InChI=1S/C12H13F2NO2/c1-2-17-10(16)8-4-3-5-9(15-8)12(6-7-12)11(13)14/h3-5,11H,2,6-7H2,1H3. The number of alkyl halides is 2. The van der Waals surface area contributed by atoms with Crippen molar-refractivity contribution in [2.45, 2.75) is 31.6 Å². The Hall–Kier alpha value is -1.52. The van der Waals surface area contributed by atoms with E-state index in [9.17, 15) is 13.6 Å². The molecule has 1 aliphatic carbocycles. The highest BCUT2D eigenvalue weighted by Gasteiger charge is 2.53. The van der Waals surface area contributed by atoms with Gasteiger partial charge in [-0.3, -0.25) is 0 Å². The van der Waals surface area contributed by atoms with Crippen LogP contribution in [0.2, 0.25) is 0 Å². The molecule has 0 unspecified atom stereocenters. The molecule has 0 spiro atoms. The second-order valence-electron chi connectivity index (χ2n) is 4.09. The van der Waals surface area contributed by atoms with Crippen LogP contribution in [0.25, 0.3) is 0 Å². The van der Waals surface area contributed by atoms with Crippen LogP contribution in [0, 0.1) is 0 Å². The zero-order valence-electron chi connectivity index (χ0n) is 9.45. The van der Waals surface area contributed by atoms with Gasteiger partial charge in [0.2, 0.25) is 6.43 Å². The van der Waals surface area contributed by atoms with Crippen LogP contribution in [-0.2, 0) is 10.2 Å². The zero-order valence-corrected chi connectivity index (χ0v) is 9.45. The summed E-state index contributed by atoms with van der Waals surface area (Å²) >= 11 is 0. The fraction of sp³-hybridized carbons (Fsp3) is 0.500.